The zero-order valence-electron chi connectivity index (χ0n) is 13.4. The van der Waals surface area contributed by atoms with E-state index in [1.54, 1.807) is 18.2 Å². The van der Waals surface area contributed by atoms with Crippen molar-refractivity contribution in [2.75, 3.05) is 5.32 Å². The second kappa shape index (κ2) is 6.91. The standard InChI is InChI=1S/C18H13F3N4O/c1-22-17(26)14-4-2-3-13-15(14)24-10-25-16(13)23-9-11-5-7-12(8-6-11)18(19,20)21/h2-8,10H,1,9H2,(H,23,24,25). The Bertz CT molecular complexity index is 968. The van der Waals surface area contributed by atoms with Gasteiger partial charge in [0.2, 0.25) is 0 Å². The van der Waals surface area contributed by atoms with E-state index in [4.69, 9.17) is 0 Å². The van der Waals surface area contributed by atoms with Gasteiger partial charge < -0.3 is 5.32 Å². The third-order valence-corrected chi connectivity index (χ3v) is 3.78. The number of hydrogen-bond donors (Lipinski definition) is 1. The number of amides is 1. The number of hydrogen-bond acceptors (Lipinski definition) is 4. The van der Waals surface area contributed by atoms with Crippen LogP contribution in [0, 0.1) is 0 Å². The summed E-state index contributed by atoms with van der Waals surface area (Å²) < 4.78 is 37.8. The van der Waals surface area contributed by atoms with E-state index < -0.39 is 17.6 Å². The fraction of sp³-hybridized carbons (Fsp3) is 0.111. The maximum atomic E-state index is 12.6. The number of anilines is 1. The number of benzene rings is 2. The normalized spacial score (nSPS) is 11.3. The van der Waals surface area contributed by atoms with Gasteiger partial charge >= 0.3 is 6.18 Å². The molecule has 8 heteroatoms. The number of nitrogens with zero attached hydrogens (tertiary/aromatic N) is 3. The van der Waals surface area contributed by atoms with Gasteiger partial charge in [-0.1, -0.05) is 18.2 Å². The highest BCUT2D eigenvalue weighted by Gasteiger charge is 2.29. The van der Waals surface area contributed by atoms with Crippen LogP contribution in [-0.4, -0.2) is 22.6 Å². The number of rotatable bonds is 4. The molecule has 1 amide bonds. The number of alkyl halides is 3. The van der Waals surface area contributed by atoms with Gasteiger partial charge in [0.25, 0.3) is 5.91 Å². The summed E-state index contributed by atoms with van der Waals surface area (Å²) in [6.07, 6.45) is -3.06. The lowest BCUT2D eigenvalue weighted by molar-refractivity contribution is -0.137. The molecule has 1 aromatic heterocycles. The quantitative estimate of drug-likeness (QED) is 0.713. The summed E-state index contributed by atoms with van der Waals surface area (Å²) in [5.74, 6) is -0.0309. The van der Waals surface area contributed by atoms with Crippen LogP contribution in [-0.2, 0) is 12.7 Å². The average Bonchev–Trinajstić information content (AvgIpc) is 2.64. The Balaban J connectivity index is 1.85. The van der Waals surface area contributed by atoms with E-state index in [9.17, 15) is 18.0 Å². The van der Waals surface area contributed by atoms with E-state index in [0.717, 1.165) is 12.1 Å². The van der Waals surface area contributed by atoms with E-state index in [-0.39, 0.29) is 6.54 Å². The summed E-state index contributed by atoms with van der Waals surface area (Å²) in [6.45, 7) is 3.49. The summed E-state index contributed by atoms with van der Waals surface area (Å²) in [6, 6.07) is 9.86. The lowest BCUT2D eigenvalue weighted by atomic mass is 10.1. The van der Waals surface area contributed by atoms with Gasteiger partial charge in [0, 0.05) is 11.9 Å². The summed E-state index contributed by atoms with van der Waals surface area (Å²) >= 11 is 0. The highest BCUT2D eigenvalue weighted by Crippen LogP contribution is 2.29. The molecule has 0 aliphatic rings. The summed E-state index contributed by atoms with van der Waals surface area (Å²) in [7, 11) is 0. The first kappa shape index (κ1) is 17.5. The molecule has 0 radical (unpaired) electrons. The smallest absolute Gasteiger partial charge is 0.365 e. The van der Waals surface area contributed by atoms with Gasteiger partial charge in [-0.15, -0.1) is 0 Å². The van der Waals surface area contributed by atoms with Crippen molar-refractivity contribution in [2.45, 2.75) is 12.7 Å². The lowest BCUT2D eigenvalue weighted by Crippen LogP contribution is -2.07. The number of aliphatic imine (C=N–C) groups is 1. The summed E-state index contributed by atoms with van der Waals surface area (Å²) in [5.41, 5.74) is 0.686. The van der Waals surface area contributed by atoms with Crippen molar-refractivity contribution in [1.82, 2.24) is 9.97 Å². The van der Waals surface area contributed by atoms with Crippen LogP contribution in [0.4, 0.5) is 19.0 Å². The van der Waals surface area contributed by atoms with Gasteiger partial charge in [0.15, 0.2) is 0 Å². The fourth-order valence-electron chi connectivity index (χ4n) is 2.48. The van der Waals surface area contributed by atoms with Gasteiger partial charge in [-0.05, 0) is 36.5 Å². The van der Waals surface area contributed by atoms with Crippen LogP contribution < -0.4 is 5.32 Å². The van der Waals surface area contributed by atoms with Gasteiger partial charge in [0.05, 0.1) is 16.6 Å². The molecular weight excluding hydrogens is 345 g/mol. The number of aromatic nitrogens is 2. The Morgan fingerprint density at radius 3 is 2.50 bits per heavy atom. The highest BCUT2D eigenvalue weighted by molar-refractivity contribution is 6.08. The van der Waals surface area contributed by atoms with Crippen molar-refractivity contribution < 1.29 is 18.0 Å². The zero-order valence-corrected chi connectivity index (χ0v) is 13.4. The topological polar surface area (TPSA) is 67.2 Å². The Morgan fingerprint density at radius 2 is 1.85 bits per heavy atom. The Labute approximate surface area is 146 Å². The van der Waals surface area contributed by atoms with Crippen LogP contribution in [0.25, 0.3) is 10.9 Å². The second-order valence-electron chi connectivity index (χ2n) is 5.44. The Kier molecular flexibility index (Phi) is 4.66. The highest BCUT2D eigenvalue weighted by atomic mass is 19.4. The van der Waals surface area contributed by atoms with Gasteiger partial charge in [0.1, 0.15) is 12.1 Å². The third-order valence-electron chi connectivity index (χ3n) is 3.78. The van der Waals surface area contributed by atoms with Crippen molar-refractivity contribution in [3.05, 3.63) is 65.5 Å². The van der Waals surface area contributed by atoms with Crippen LogP contribution in [0.2, 0.25) is 0 Å². The average molecular weight is 358 g/mol. The monoisotopic (exact) mass is 358 g/mol. The van der Waals surface area contributed by atoms with Crippen LogP contribution in [0.15, 0.2) is 53.8 Å². The third kappa shape index (κ3) is 3.53. The van der Waals surface area contributed by atoms with Crippen LogP contribution in [0.5, 0.6) is 0 Å². The number of carbonyl (C=O) groups excluding carboxylic acids is 1. The SMILES string of the molecule is C=NC(=O)c1cccc2c(NCc3ccc(C(F)(F)F)cc3)ncnc12. The minimum Gasteiger partial charge on any atom is -0.365 e. The molecule has 2 aromatic carbocycles. The number of halogens is 3. The van der Waals surface area contributed by atoms with Crippen LogP contribution in [0.3, 0.4) is 0 Å². The zero-order chi connectivity index (χ0) is 18.7. The maximum Gasteiger partial charge on any atom is 0.416 e. The molecule has 0 spiro atoms. The second-order valence-corrected chi connectivity index (χ2v) is 5.44. The molecule has 3 rings (SSSR count). The Morgan fingerprint density at radius 1 is 1.12 bits per heavy atom. The summed E-state index contributed by atoms with van der Waals surface area (Å²) in [5, 5.41) is 3.66. The number of para-hydroxylation sites is 1. The molecule has 0 atom stereocenters. The van der Waals surface area contributed by atoms with Crippen molar-refractivity contribution in [2.24, 2.45) is 4.99 Å². The predicted octanol–water partition coefficient (Wildman–Crippen LogP) is 4.10. The molecule has 5 nitrogen and oxygen atoms in total. The molecule has 0 bridgehead atoms. The van der Waals surface area contributed by atoms with Gasteiger partial charge in [-0.25, -0.2) is 15.0 Å². The van der Waals surface area contributed by atoms with Crippen LogP contribution in [0.1, 0.15) is 21.5 Å². The first-order valence-corrected chi connectivity index (χ1v) is 7.55. The lowest BCUT2D eigenvalue weighted by Gasteiger charge is -2.11. The predicted molar refractivity (Wildman–Crippen MR) is 92.2 cm³/mol. The molecule has 0 aliphatic carbocycles. The molecule has 0 unspecified atom stereocenters. The molecule has 26 heavy (non-hydrogen) atoms. The van der Waals surface area contributed by atoms with Gasteiger partial charge in [-0.2, -0.15) is 13.2 Å². The number of fused-ring (bicyclic) bond motifs is 1. The molecule has 0 saturated heterocycles. The molecule has 1 N–H and O–H groups in total. The van der Waals surface area contributed by atoms with Crippen molar-refractivity contribution >= 4 is 29.3 Å². The minimum atomic E-state index is -4.36. The van der Waals surface area contributed by atoms with E-state index in [1.807, 2.05) is 0 Å². The van der Waals surface area contributed by atoms with E-state index in [1.165, 1.54) is 18.5 Å². The first-order chi connectivity index (χ1) is 12.4. The van der Waals surface area contributed by atoms with Gasteiger partial charge in [-0.3, -0.25) is 4.79 Å². The number of carbonyl (C=O) groups is 1. The minimum absolute atomic E-state index is 0.266. The van der Waals surface area contributed by atoms with E-state index >= 15 is 0 Å². The van der Waals surface area contributed by atoms with Crippen LogP contribution >= 0.6 is 0 Å². The number of nitrogens with one attached hydrogen (secondary N) is 1. The fourth-order valence-corrected chi connectivity index (χ4v) is 2.48. The van der Waals surface area contributed by atoms with E-state index in [2.05, 4.69) is 27.0 Å². The van der Waals surface area contributed by atoms with Crippen molar-refractivity contribution in [3.8, 4) is 0 Å². The Hall–Kier alpha value is -3.29. The van der Waals surface area contributed by atoms with E-state index in [0.29, 0.717) is 27.8 Å². The molecule has 1 heterocycles. The molecule has 0 fully saturated rings. The molecule has 132 valence electrons. The van der Waals surface area contributed by atoms with Crippen molar-refractivity contribution in [3.63, 3.8) is 0 Å². The molecule has 0 aliphatic heterocycles. The largest absolute Gasteiger partial charge is 0.416 e. The molecule has 3 aromatic rings. The first-order valence-electron chi connectivity index (χ1n) is 7.55. The summed E-state index contributed by atoms with van der Waals surface area (Å²) in [4.78, 5) is 23.5. The van der Waals surface area contributed by atoms with Crippen molar-refractivity contribution in [1.29, 1.82) is 0 Å². The maximum absolute atomic E-state index is 12.6. The molecule has 0 saturated carbocycles. The molecular formula is C18H13F3N4O.